The Balaban J connectivity index is 0.000000209. The third-order valence-electron chi connectivity index (χ3n) is 1.95. The molecule has 0 saturated heterocycles. The first kappa shape index (κ1) is 13.0. The number of carbonyl (C=O) groups is 1. The van der Waals surface area contributed by atoms with Gasteiger partial charge in [-0.05, 0) is 18.2 Å². The number of aldehydes is 1. The van der Waals surface area contributed by atoms with Gasteiger partial charge in [0.05, 0.1) is 0 Å². The van der Waals surface area contributed by atoms with Crippen molar-refractivity contribution in [2.24, 2.45) is 0 Å². The first-order valence-electron chi connectivity index (χ1n) is 5.03. The number of hydrogen-bond acceptors (Lipinski definition) is 5. The van der Waals surface area contributed by atoms with Gasteiger partial charge >= 0.3 is 0 Å². The average molecular weight is 239 g/mol. The molecule has 0 bridgehead atoms. The lowest BCUT2D eigenvalue weighted by Crippen LogP contribution is -2.08. The van der Waals surface area contributed by atoms with Gasteiger partial charge in [-0.1, -0.05) is 0 Å². The molecular weight excluding hydrogens is 226 g/mol. The van der Waals surface area contributed by atoms with Crippen molar-refractivity contribution in [3.8, 4) is 11.5 Å². The van der Waals surface area contributed by atoms with E-state index < -0.39 is 6.04 Å². The van der Waals surface area contributed by atoms with E-state index >= 15 is 0 Å². The van der Waals surface area contributed by atoms with Crippen LogP contribution in [0.25, 0.3) is 0 Å². The minimum absolute atomic E-state index is 0.248. The lowest BCUT2D eigenvalue weighted by atomic mass is 10.2. The molecule has 0 amide bonds. The maximum Gasteiger partial charge on any atom is 0.231 e. The predicted octanol–water partition coefficient (Wildman–Crippen LogP) is 1.90. The molecule has 0 atom stereocenters. The van der Waals surface area contributed by atoms with Gasteiger partial charge in [-0.25, -0.2) is 0 Å². The number of rotatable bonds is 2. The maximum atomic E-state index is 10.3. The molecule has 1 aliphatic rings. The molecule has 6 heteroatoms. The lowest BCUT2D eigenvalue weighted by molar-refractivity contribution is -0.513. The van der Waals surface area contributed by atoms with Gasteiger partial charge in [-0.3, -0.25) is 14.9 Å². The molecule has 0 fully saturated rings. The Labute approximate surface area is 98.3 Å². The summed E-state index contributed by atoms with van der Waals surface area (Å²) in [6.07, 6.45) is 0.780. The second-order valence-electron chi connectivity index (χ2n) is 3.61. The largest absolute Gasteiger partial charge is 0.454 e. The number of nitrogens with zero attached hydrogens (tertiary/aromatic N) is 1. The number of carbonyl (C=O) groups excluding carboxylic acids is 1. The molecule has 1 aliphatic heterocycles. The van der Waals surface area contributed by atoms with Crippen LogP contribution in [0.3, 0.4) is 0 Å². The van der Waals surface area contributed by atoms with Crippen LogP contribution >= 0.6 is 0 Å². The highest BCUT2D eigenvalue weighted by atomic mass is 16.7. The molecule has 0 aliphatic carbocycles. The zero-order chi connectivity index (χ0) is 12.8. The van der Waals surface area contributed by atoms with E-state index in [-0.39, 0.29) is 11.7 Å². The van der Waals surface area contributed by atoms with Crippen molar-refractivity contribution in [3.63, 3.8) is 0 Å². The number of nitro groups is 1. The lowest BCUT2D eigenvalue weighted by Gasteiger charge is -1.94. The second-order valence-corrected chi connectivity index (χ2v) is 3.61. The molecule has 0 N–H and O–H groups in total. The quantitative estimate of drug-likeness (QED) is 0.447. The van der Waals surface area contributed by atoms with E-state index in [1.807, 2.05) is 0 Å². The van der Waals surface area contributed by atoms with E-state index in [2.05, 4.69) is 0 Å². The first-order valence-corrected chi connectivity index (χ1v) is 5.03. The predicted molar refractivity (Wildman–Crippen MR) is 60.1 cm³/mol. The van der Waals surface area contributed by atoms with Gasteiger partial charge in [-0.15, -0.1) is 0 Å². The summed E-state index contributed by atoms with van der Waals surface area (Å²) in [5.41, 5.74) is 0.606. The standard InChI is InChI=1S/C8H6O3.C3H7NO2/c9-4-6-1-2-7-8(3-6)11-5-10-7;1-3(2)4(5)6/h1-4H,5H2;3H,1-2H3. The van der Waals surface area contributed by atoms with E-state index in [1.165, 1.54) is 0 Å². The van der Waals surface area contributed by atoms with E-state index in [4.69, 9.17) is 9.47 Å². The normalized spacial score (nSPS) is 11.7. The number of hydrogen-bond donors (Lipinski definition) is 0. The third-order valence-corrected chi connectivity index (χ3v) is 1.95. The van der Waals surface area contributed by atoms with Crippen molar-refractivity contribution in [1.82, 2.24) is 0 Å². The molecule has 0 unspecified atom stereocenters. The number of ether oxygens (including phenoxy) is 2. The van der Waals surface area contributed by atoms with Crippen LogP contribution < -0.4 is 9.47 Å². The molecule has 1 aromatic carbocycles. The van der Waals surface area contributed by atoms with Crippen LogP contribution in [0.1, 0.15) is 24.2 Å². The van der Waals surface area contributed by atoms with Crippen LogP contribution in [-0.4, -0.2) is 24.0 Å². The monoisotopic (exact) mass is 239 g/mol. The van der Waals surface area contributed by atoms with Crippen LogP contribution in [0.2, 0.25) is 0 Å². The smallest absolute Gasteiger partial charge is 0.231 e. The van der Waals surface area contributed by atoms with Gasteiger partial charge in [-0.2, -0.15) is 0 Å². The number of fused-ring (bicyclic) bond motifs is 1. The van der Waals surface area contributed by atoms with E-state index in [0.717, 1.165) is 6.29 Å². The highest BCUT2D eigenvalue weighted by Gasteiger charge is 2.12. The molecule has 0 radical (unpaired) electrons. The summed E-state index contributed by atoms with van der Waals surface area (Å²) in [6.45, 7) is 3.33. The zero-order valence-electron chi connectivity index (χ0n) is 9.58. The van der Waals surface area contributed by atoms with Crippen molar-refractivity contribution in [3.05, 3.63) is 33.9 Å². The van der Waals surface area contributed by atoms with Gasteiger partial charge in [0.15, 0.2) is 11.5 Å². The molecule has 17 heavy (non-hydrogen) atoms. The van der Waals surface area contributed by atoms with Gasteiger partial charge in [0.25, 0.3) is 0 Å². The molecule has 1 aromatic rings. The minimum atomic E-state index is -0.426. The van der Waals surface area contributed by atoms with E-state index in [0.29, 0.717) is 17.1 Å². The molecule has 0 aromatic heterocycles. The fourth-order valence-electron chi connectivity index (χ4n) is 0.986. The van der Waals surface area contributed by atoms with Gasteiger partial charge in [0, 0.05) is 24.3 Å². The van der Waals surface area contributed by atoms with Crippen molar-refractivity contribution in [2.75, 3.05) is 6.79 Å². The average Bonchev–Trinajstić information content (AvgIpc) is 2.76. The highest BCUT2D eigenvalue weighted by molar-refractivity contribution is 5.76. The molecule has 1 heterocycles. The summed E-state index contributed by atoms with van der Waals surface area (Å²) in [4.78, 5) is 19.5. The Morgan fingerprint density at radius 2 is 1.94 bits per heavy atom. The first-order chi connectivity index (χ1) is 8.04. The fraction of sp³-hybridized carbons (Fsp3) is 0.364. The fourth-order valence-corrected chi connectivity index (χ4v) is 0.986. The van der Waals surface area contributed by atoms with E-state index in [9.17, 15) is 14.9 Å². The third kappa shape index (κ3) is 3.75. The molecule has 2 rings (SSSR count). The molecular formula is C11H13NO5. The van der Waals surface area contributed by atoms with Crippen LogP contribution in [0.4, 0.5) is 0 Å². The van der Waals surface area contributed by atoms with Gasteiger partial charge < -0.3 is 9.47 Å². The molecule has 6 nitrogen and oxygen atoms in total. The summed E-state index contributed by atoms with van der Waals surface area (Å²) in [5, 5.41) is 9.50. The Bertz CT molecular complexity index is 416. The Hall–Kier alpha value is -2.11. The maximum absolute atomic E-state index is 10.3. The van der Waals surface area contributed by atoms with Crippen LogP contribution in [0.15, 0.2) is 18.2 Å². The minimum Gasteiger partial charge on any atom is -0.454 e. The molecule has 0 saturated carbocycles. The van der Waals surface area contributed by atoms with Crippen molar-refractivity contribution in [2.45, 2.75) is 19.9 Å². The summed E-state index contributed by atoms with van der Waals surface area (Å²) in [7, 11) is 0. The van der Waals surface area contributed by atoms with Crippen molar-refractivity contribution in [1.29, 1.82) is 0 Å². The topological polar surface area (TPSA) is 78.7 Å². The van der Waals surface area contributed by atoms with Crippen molar-refractivity contribution >= 4 is 6.29 Å². The summed E-state index contributed by atoms with van der Waals surface area (Å²) < 4.78 is 10.1. The second kappa shape index (κ2) is 5.83. The number of benzene rings is 1. The molecule has 0 spiro atoms. The summed E-state index contributed by atoms with van der Waals surface area (Å²) in [6, 6.07) is 4.66. The van der Waals surface area contributed by atoms with Crippen LogP contribution in [-0.2, 0) is 0 Å². The highest BCUT2D eigenvalue weighted by Crippen LogP contribution is 2.31. The van der Waals surface area contributed by atoms with Crippen molar-refractivity contribution < 1.29 is 19.2 Å². The molecule has 92 valence electrons. The summed E-state index contributed by atoms with van der Waals surface area (Å²) >= 11 is 0. The Morgan fingerprint density at radius 3 is 2.47 bits per heavy atom. The Kier molecular flexibility index (Phi) is 4.45. The van der Waals surface area contributed by atoms with Crippen LogP contribution in [0, 0.1) is 10.1 Å². The van der Waals surface area contributed by atoms with E-state index in [1.54, 1.807) is 32.0 Å². The Morgan fingerprint density at radius 1 is 1.35 bits per heavy atom. The zero-order valence-corrected chi connectivity index (χ0v) is 9.58. The summed E-state index contributed by atoms with van der Waals surface area (Å²) in [5.74, 6) is 1.35. The van der Waals surface area contributed by atoms with Crippen LogP contribution in [0.5, 0.6) is 11.5 Å². The van der Waals surface area contributed by atoms with Gasteiger partial charge in [0.1, 0.15) is 6.29 Å². The SMILES string of the molecule is CC(C)[N+](=O)[O-].O=Cc1ccc2c(c1)OCO2. The van der Waals surface area contributed by atoms with Gasteiger partial charge in [0.2, 0.25) is 12.8 Å².